The number of methoxy groups -OCH3 is 1. The summed E-state index contributed by atoms with van der Waals surface area (Å²) in [5.74, 6) is 0.364. The lowest BCUT2D eigenvalue weighted by Crippen LogP contribution is -2.60. The van der Waals surface area contributed by atoms with Crippen LogP contribution in [0.3, 0.4) is 0 Å². The standard InChI is InChI=1S/C23H31FN2O3/c1-13-7-15-10-23(3,28)11-16(8-13)26(15)20(27)9-14(2)17-12-25-18-5-6-19(29-4)22(24)21(17)18/h5-6,12-16,25,28H,7-11H2,1-4H3. The van der Waals surface area contributed by atoms with Crippen LogP contribution >= 0.6 is 0 Å². The molecule has 6 heteroatoms. The molecule has 3 atom stereocenters. The van der Waals surface area contributed by atoms with Crippen molar-refractivity contribution in [2.45, 2.75) is 76.5 Å². The molecular weight excluding hydrogens is 371 g/mol. The van der Waals surface area contributed by atoms with E-state index >= 15 is 0 Å². The highest BCUT2D eigenvalue weighted by atomic mass is 19.1. The Hall–Kier alpha value is -2.08. The van der Waals surface area contributed by atoms with Crippen LogP contribution in [0.4, 0.5) is 4.39 Å². The van der Waals surface area contributed by atoms with Crippen LogP contribution in [0.5, 0.6) is 5.75 Å². The fraction of sp³-hybridized carbons (Fsp3) is 0.609. The first-order chi connectivity index (χ1) is 13.7. The van der Waals surface area contributed by atoms with Crippen LogP contribution in [-0.4, -0.2) is 45.7 Å². The minimum absolute atomic E-state index is 0.0898. The summed E-state index contributed by atoms with van der Waals surface area (Å²) in [6.45, 7) is 6.08. The molecule has 3 unspecified atom stereocenters. The minimum Gasteiger partial charge on any atom is -0.494 e. The molecule has 0 saturated carbocycles. The number of carbonyl (C=O) groups is 1. The zero-order valence-corrected chi connectivity index (χ0v) is 17.7. The highest BCUT2D eigenvalue weighted by Gasteiger charge is 2.46. The van der Waals surface area contributed by atoms with Crippen LogP contribution < -0.4 is 4.74 Å². The van der Waals surface area contributed by atoms with Gasteiger partial charge in [0, 0.05) is 35.6 Å². The predicted octanol–water partition coefficient (Wildman–Crippen LogP) is 4.35. The van der Waals surface area contributed by atoms with Gasteiger partial charge in [-0.15, -0.1) is 0 Å². The van der Waals surface area contributed by atoms with Gasteiger partial charge in [-0.2, -0.15) is 0 Å². The van der Waals surface area contributed by atoms with E-state index in [1.165, 1.54) is 7.11 Å². The maximum atomic E-state index is 14.9. The van der Waals surface area contributed by atoms with Gasteiger partial charge in [-0.05, 0) is 62.1 Å². The molecule has 0 radical (unpaired) electrons. The first kappa shape index (κ1) is 20.2. The molecule has 2 aromatic rings. The maximum Gasteiger partial charge on any atom is 0.223 e. The normalized spacial score (nSPS) is 30.4. The number of fused-ring (bicyclic) bond motifs is 3. The molecule has 1 amide bonds. The largest absolute Gasteiger partial charge is 0.494 e. The van der Waals surface area contributed by atoms with Crippen LogP contribution in [0, 0.1) is 11.7 Å². The molecule has 2 aliphatic rings. The van der Waals surface area contributed by atoms with Gasteiger partial charge in [0.25, 0.3) is 0 Å². The summed E-state index contributed by atoms with van der Waals surface area (Å²) < 4.78 is 20.0. The highest BCUT2D eigenvalue weighted by molar-refractivity contribution is 5.87. The summed E-state index contributed by atoms with van der Waals surface area (Å²) in [4.78, 5) is 18.4. The number of ether oxygens (including phenoxy) is 1. The molecule has 29 heavy (non-hydrogen) atoms. The van der Waals surface area contributed by atoms with Crippen LogP contribution in [0.1, 0.15) is 64.4 Å². The van der Waals surface area contributed by atoms with E-state index in [0.29, 0.717) is 36.1 Å². The Labute approximate surface area is 171 Å². The first-order valence-electron chi connectivity index (χ1n) is 10.6. The molecule has 158 valence electrons. The molecule has 4 rings (SSSR count). The molecule has 2 aliphatic heterocycles. The number of aliphatic hydroxyl groups is 1. The van der Waals surface area contributed by atoms with Crippen LogP contribution in [-0.2, 0) is 4.79 Å². The number of H-pyrrole nitrogens is 1. The van der Waals surface area contributed by atoms with Crippen LogP contribution in [0.15, 0.2) is 18.3 Å². The Balaban J connectivity index is 1.57. The quantitative estimate of drug-likeness (QED) is 0.799. The number of aromatic nitrogens is 1. The van der Waals surface area contributed by atoms with Gasteiger partial charge in [-0.3, -0.25) is 4.79 Å². The van der Waals surface area contributed by atoms with E-state index < -0.39 is 5.60 Å². The molecule has 2 bridgehead atoms. The molecule has 1 aromatic carbocycles. The van der Waals surface area contributed by atoms with Crippen molar-refractivity contribution >= 4 is 16.8 Å². The van der Waals surface area contributed by atoms with Gasteiger partial charge >= 0.3 is 0 Å². The number of amides is 1. The van der Waals surface area contributed by atoms with Crippen LogP contribution in [0.2, 0.25) is 0 Å². The zero-order valence-electron chi connectivity index (χ0n) is 17.7. The Morgan fingerprint density at radius 3 is 2.66 bits per heavy atom. The van der Waals surface area contributed by atoms with Crippen molar-refractivity contribution in [1.82, 2.24) is 9.88 Å². The molecule has 0 spiro atoms. The van der Waals surface area contributed by atoms with Crippen molar-refractivity contribution in [2.24, 2.45) is 5.92 Å². The summed E-state index contributed by atoms with van der Waals surface area (Å²) in [5.41, 5.74) is 0.804. The fourth-order valence-electron chi connectivity index (χ4n) is 5.63. The second-order valence-corrected chi connectivity index (χ2v) is 9.44. The zero-order chi connectivity index (χ0) is 20.9. The molecule has 1 aromatic heterocycles. The fourth-order valence-corrected chi connectivity index (χ4v) is 5.63. The number of piperidine rings is 2. The number of rotatable bonds is 4. The Kier molecular flexibility index (Phi) is 5.09. The number of nitrogens with one attached hydrogen (secondary N) is 1. The molecule has 5 nitrogen and oxygen atoms in total. The second kappa shape index (κ2) is 7.31. The number of carbonyl (C=O) groups excluding carboxylic acids is 1. The van der Waals surface area contributed by atoms with Gasteiger partial charge in [-0.25, -0.2) is 4.39 Å². The molecule has 2 N–H and O–H groups in total. The lowest BCUT2D eigenvalue weighted by atomic mass is 9.73. The van der Waals surface area contributed by atoms with Crippen molar-refractivity contribution in [3.63, 3.8) is 0 Å². The Morgan fingerprint density at radius 2 is 2.03 bits per heavy atom. The van der Waals surface area contributed by atoms with Gasteiger partial charge in [-0.1, -0.05) is 13.8 Å². The summed E-state index contributed by atoms with van der Waals surface area (Å²) in [6, 6.07) is 3.59. The van der Waals surface area contributed by atoms with Crippen molar-refractivity contribution in [3.8, 4) is 5.75 Å². The summed E-state index contributed by atoms with van der Waals surface area (Å²) in [6.07, 6.45) is 5.26. The van der Waals surface area contributed by atoms with E-state index in [2.05, 4.69) is 11.9 Å². The average molecular weight is 403 g/mol. The van der Waals surface area contributed by atoms with Gasteiger partial charge < -0.3 is 19.7 Å². The number of nitrogens with zero attached hydrogens (tertiary/aromatic N) is 1. The van der Waals surface area contributed by atoms with E-state index in [1.807, 2.05) is 18.7 Å². The smallest absolute Gasteiger partial charge is 0.223 e. The second-order valence-electron chi connectivity index (χ2n) is 9.44. The number of benzene rings is 1. The third-order valence-corrected chi connectivity index (χ3v) is 6.78. The topological polar surface area (TPSA) is 65.6 Å². The van der Waals surface area contributed by atoms with Gasteiger partial charge in [0.05, 0.1) is 12.7 Å². The van der Waals surface area contributed by atoms with E-state index in [9.17, 15) is 14.3 Å². The van der Waals surface area contributed by atoms with Crippen molar-refractivity contribution < 1.29 is 19.0 Å². The van der Waals surface area contributed by atoms with Crippen LogP contribution in [0.25, 0.3) is 10.9 Å². The first-order valence-corrected chi connectivity index (χ1v) is 10.6. The number of halogens is 1. The maximum absolute atomic E-state index is 14.9. The highest BCUT2D eigenvalue weighted by Crippen LogP contribution is 2.42. The Morgan fingerprint density at radius 1 is 1.38 bits per heavy atom. The van der Waals surface area contributed by atoms with E-state index in [1.54, 1.807) is 18.3 Å². The third kappa shape index (κ3) is 3.63. The van der Waals surface area contributed by atoms with Crippen molar-refractivity contribution in [2.75, 3.05) is 7.11 Å². The lowest BCUT2D eigenvalue weighted by Gasteiger charge is -2.53. The number of aromatic amines is 1. The van der Waals surface area contributed by atoms with Crippen molar-refractivity contribution in [3.05, 3.63) is 29.7 Å². The molecule has 3 heterocycles. The molecule has 2 fully saturated rings. The number of hydrogen-bond donors (Lipinski definition) is 2. The third-order valence-electron chi connectivity index (χ3n) is 6.78. The Bertz CT molecular complexity index is 904. The van der Waals surface area contributed by atoms with Gasteiger partial charge in [0.15, 0.2) is 11.6 Å². The van der Waals surface area contributed by atoms with Crippen molar-refractivity contribution in [1.29, 1.82) is 0 Å². The van der Waals surface area contributed by atoms with E-state index in [-0.39, 0.29) is 35.5 Å². The summed E-state index contributed by atoms with van der Waals surface area (Å²) in [5, 5.41) is 11.1. The number of hydrogen-bond acceptors (Lipinski definition) is 3. The summed E-state index contributed by atoms with van der Waals surface area (Å²) >= 11 is 0. The summed E-state index contributed by atoms with van der Waals surface area (Å²) in [7, 11) is 1.45. The lowest BCUT2D eigenvalue weighted by molar-refractivity contribution is -0.152. The van der Waals surface area contributed by atoms with E-state index in [0.717, 1.165) is 18.4 Å². The minimum atomic E-state index is -0.700. The molecular formula is C23H31FN2O3. The average Bonchev–Trinajstić information content (AvgIpc) is 3.05. The monoisotopic (exact) mass is 402 g/mol. The molecule has 0 aliphatic carbocycles. The van der Waals surface area contributed by atoms with E-state index in [4.69, 9.17) is 4.74 Å². The molecule has 2 saturated heterocycles. The van der Waals surface area contributed by atoms with Gasteiger partial charge in [0.2, 0.25) is 5.91 Å². The SMILES string of the molecule is COc1ccc2[nH]cc(C(C)CC(=O)N3C4CC(C)CC3CC(C)(O)C4)c2c1F. The van der Waals surface area contributed by atoms with Gasteiger partial charge in [0.1, 0.15) is 0 Å². The predicted molar refractivity (Wildman–Crippen MR) is 111 cm³/mol.